The third-order valence-electron chi connectivity index (χ3n) is 4.37. The fourth-order valence-corrected chi connectivity index (χ4v) is 3.02. The molecule has 0 bridgehead atoms. The van der Waals surface area contributed by atoms with Gasteiger partial charge in [-0.05, 0) is 56.3 Å². The van der Waals surface area contributed by atoms with Gasteiger partial charge in [-0.25, -0.2) is 9.37 Å². The summed E-state index contributed by atoms with van der Waals surface area (Å²) in [6, 6.07) is 13.2. The lowest BCUT2D eigenvalue weighted by Gasteiger charge is -2.19. The Labute approximate surface area is 155 Å². The van der Waals surface area contributed by atoms with Crippen LogP contribution in [0.2, 0.25) is 0 Å². The maximum atomic E-state index is 13.6. The first-order chi connectivity index (χ1) is 13.0. The zero-order valence-electron chi connectivity index (χ0n) is 14.9. The van der Waals surface area contributed by atoms with Gasteiger partial charge in [0.05, 0.1) is 6.54 Å². The Balaban J connectivity index is 1.77. The minimum atomic E-state index is -0.377. The van der Waals surface area contributed by atoms with E-state index in [1.165, 1.54) is 23.1 Å². The van der Waals surface area contributed by atoms with E-state index >= 15 is 0 Å². The van der Waals surface area contributed by atoms with Crippen molar-refractivity contribution in [3.05, 3.63) is 83.4 Å². The highest BCUT2D eigenvalue weighted by Crippen LogP contribution is 2.28. The number of furan rings is 2. The number of rotatable bonds is 4. The fourth-order valence-electron chi connectivity index (χ4n) is 3.02. The van der Waals surface area contributed by atoms with Gasteiger partial charge in [0.15, 0.2) is 5.76 Å². The zero-order chi connectivity index (χ0) is 19.0. The highest BCUT2D eigenvalue weighted by atomic mass is 19.1. The predicted molar refractivity (Wildman–Crippen MR) is 99.1 cm³/mol. The largest absolute Gasteiger partial charge is 0.464 e. The molecule has 4 rings (SSSR count). The molecule has 4 aromatic rings. The number of nitrogens with zero attached hydrogens (tertiary/aromatic N) is 2. The number of pyridine rings is 1. The van der Waals surface area contributed by atoms with Crippen molar-refractivity contribution in [2.75, 3.05) is 4.90 Å². The monoisotopic (exact) mass is 364 g/mol. The number of benzene rings is 1. The molecule has 0 N–H and O–H groups in total. The summed E-state index contributed by atoms with van der Waals surface area (Å²) in [4.78, 5) is 19.1. The molecule has 0 aliphatic rings. The molecular weight excluding hydrogens is 347 g/mol. The van der Waals surface area contributed by atoms with Crippen molar-refractivity contribution < 1.29 is 18.0 Å². The molecule has 0 atom stereocenters. The van der Waals surface area contributed by atoms with Crippen molar-refractivity contribution in [2.45, 2.75) is 20.4 Å². The van der Waals surface area contributed by atoms with E-state index in [2.05, 4.69) is 4.98 Å². The van der Waals surface area contributed by atoms with E-state index in [1.54, 1.807) is 31.3 Å². The molecule has 0 saturated heterocycles. The summed E-state index contributed by atoms with van der Waals surface area (Å²) in [7, 11) is 0. The van der Waals surface area contributed by atoms with Crippen molar-refractivity contribution in [2.24, 2.45) is 0 Å². The molecule has 27 heavy (non-hydrogen) atoms. The van der Waals surface area contributed by atoms with Gasteiger partial charge in [-0.3, -0.25) is 9.69 Å². The number of halogens is 1. The Morgan fingerprint density at radius 2 is 1.96 bits per heavy atom. The third kappa shape index (κ3) is 3.21. The molecule has 0 saturated carbocycles. The molecule has 3 heterocycles. The molecule has 0 aliphatic carbocycles. The first-order valence-electron chi connectivity index (χ1n) is 8.50. The summed E-state index contributed by atoms with van der Waals surface area (Å²) < 4.78 is 25.0. The van der Waals surface area contributed by atoms with Gasteiger partial charge in [-0.1, -0.05) is 6.07 Å². The highest BCUT2D eigenvalue weighted by Gasteiger charge is 2.26. The van der Waals surface area contributed by atoms with Crippen LogP contribution in [-0.2, 0) is 6.54 Å². The quantitative estimate of drug-likeness (QED) is 0.510. The minimum absolute atomic E-state index is 0.157. The second-order valence-corrected chi connectivity index (χ2v) is 6.29. The highest BCUT2D eigenvalue weighted by molar-refractivity contribution is 6.07. The van der Waals surface area contributed by atoms with Crippen LogP contribution in [0, 0.1) is 19.7 Å². The number of carbonyl (C=O) groups excluding carboxylic acids is 1. The summed E-state index contributed by atoms with van der Waals surface area (Å²) in [5, 5.41) is 0.577. The summed E-state index contributed by atoms with van der Waals surface area (Å²) in [5.74, 6) is 1.28. The molecule has 5 nitrogen and oxygen atoms in total. The molecule has 0 radical (unpaired) electrons. The lowest BCUT2D eigenvalue weighted by atomic mass is 10.1. The van der Waals surface area contributed by atoms with Crippen molar-refractivity contribution in [1.82, 2.24) is 4.98 Å². The van der Waals surface area contributed by atoms with Crippen LogP contribution in [0.3, 0.4) is 0 Å². The van der Waals surface area contributed by atoms with E-state index in [0.29, 0.717) is 28.1 Å². The van der Waals surface area contributed by atoms with Gasteiger partial charge < -0.3 is 8.83 Å². The number of amides is 1. The molecule has 0 spiro atoms. The van der Waals surface area contributed by atoms with Gasteiger partial charge in [0.25, 0.3) is 5.91 Å². The van der Waals surface area contributed by atoms with Crippen LogP contribution in [0.25, 0.3) is 11.0 Å². The van der Waals surface area contributed by atoms with Crippen LogP contribution in [0.4, 0.5) is 10.2 Å². The summed E-state index contributed by atoms with van der Waals surface area (Å²) in [5.41, 5.74) is 1.05. The van der Waals surface area contributed by atoms with Crippen molar-refractivity contribution in [3.8, 4) is 0 Å². The molecule has 136 valence electrons. The molecule has 1 aromatic carbocycles. The Bertz CT molecular complexity index is 1120. The summed E-state index contributed by atoms with van der Waals surface area (Å²) in [6.45, 7) is 3.79. The van der Waals surface area contributed by atoms with E-state index in [0.717, 1.165) is 5.76 Å². The Hall–Kier alpha value is -3.41. The van der Waals surface area contributed by atoms with E-state index in [1.807, 2.05) is 19.1 Å². The summed E-state index contributed by atoms with van der Waals surface area (Å²) >= 11 is 0. The maximum Gasteiger partial charge on any atom is 0.295 e. The fraction of sp³-hybridized carbons (Fsp3) is 0.143. The number of aryl methyl sites for hydroxylation is 2. The van der Waals surface area contributed by atoms with Gasteiger partial charge in [0.2, 0.25) is 0 Å². The maximum absolute atomic E-state index is 13.6. The van der Waals surface area contributed by atoms with Crippen molar-refractivity contribution in [1.29, 1.82) is 0 Å². The smallest absolute Gasteiger partial charge is 0.295 e. The average molecular weight is 364 g/mol. The van der Waals surface area contributed by atoms with Crippen molar-refractivity contribution >= 4 is 22.7 Å². The van der Waals surface area contributed by atoms with Crippen molar-refractivity contribution in [3.63, 3.8) is 0 Å². The molecular formula is C21H17FN2O3. The topological polar surface area (TPSA) is 59.5 Å². The Morgan fingerprint density at radius 3 is 2.67 bits per heavy atom. The van der Waals surface area contributed by atoms with E-state index in [4.69, 9.17) is 8.83 Å². The number of anilines is 1. The SMILES string of the molecule is Cc1ccc(CN(C(=O)c2oc3ccc(F)cc3c2C)c2ccccn2)o1. The van der Waals surface area contributed by atoms with Crippen LogP contribution in [-0.4, -0.2) is 10.9 Å². The lowest BCUT2D eigenvalue weighted by Crippen LogP contribution is -2.31. The van der Waals surface area contributed by atoms with Gasteiger partial charge in [-0.15, -0.1) is 0 Å². The number of carbonyl (C=O) groups is 1. The molecule has 1 amide bonds. The first kappa shape index (κ1) is 17.0. The second kappa shape index (κ2) is 6.72. The van der Waals surface area contributed by atoms with Gasteiger partial charge in [-0.2, -0.15) is 0 Å². The average Bonchev–Trinajstić information content (AvgIpc) is 3.23. The van der Waals surface area contributed by atoms with Crippen LogP contribution in [0.1, 0.15) is 27.6 Å². The van der Waals surface area contributed by atoms with E-state index < -0.39 is 0 Å². The van der Waals surface area contributed by atoms with Crippen LogP contribution in [0.15, 0.2) is 63.6 Å². The van der Waals surface area contributed by atoms with E-state index in [9.17, 15) is 9.18 Å². The predicted octanol–water partition coefficient (Wildman–Crippen LogP) is 5.02. The second-order valence-electron chi connectivity index (χ2n) is 6.29. The van der Waals surface area contributed by atoms with Gasteiger partial charge >= 0.3 is 0 Å². The van der Waals surface area contributed by atoms with Crippen LogP contribution >= 0.6 is 0 Å². The molecule has 3 aromatic heterocycles. The Kier molecular flexibility index (Phi) is 4.24. The molecule has 0 aliphatic heterocycles. The summed E-state index contributed by atoms with van der Waals surface area (Å²) in [6.07, 6.45) is 1.61. The molecule has 0 unspecified atom stereocenters. The number of hydrogen-bond donors (Lipinski definition) is 0. The number of hydrogen-bond acceptors (Lipinski definition) is 4. The molecule has 0 fully saturated rings. The number of fused-ring (bicyclic) bond motifs is 1. The standard InChI is InChI=1S/C21H17FN2O3/c1-13-6-8-16(26-13)12-24(19-5-3-4-10-23-19)21(25)20-14(2)17-11-15(22)7-9-18(17)27-20/h3-11H,12H2,1-2H3. The molecule has 6 heteroatoms. The third-order valence-corrected chi connectivity index (χ3v) is 4.37. The first-order valence-corrected chi connectivity index (χ1v) is 8.50. The normalized spacial score (nSPS) is 11.1. The van der Waals surface area contributed by atoms with Crippen LogP contribution < -0.4 is 4.90 Å². The van der Waals surface area contributed by atoms with Crippen LogP contribution in [0.5, 0.6) is 0 Å². The van der Waals surface area contributed by atoms with E-state index in [-0.39, 0.29) is 24.0 Å². The minimum Gasteiger partial charge on any atom is -0.464 e. The lowest BCUT2D eigenvalue weighted by molar-refractivity contribution is 0.0957. The van der Waals surface area contributed by atoms with Gasteiger partial charge in [0.1, 0.15) is 28.7 Å². The van der Waals surface area contributed by atoms with Gasteiger partial charge in [0, 0.05) is 17.1 Å². The zero-order valence-corrected chi connectivity index (χ0v) is 14.9. The number of aromatic nitrogens is 1. The Morgan fingerprint density at radius 1 is 1.11 bits per heavy atom.